The van der Waals surface area contributed by atoms with Gasteiger partial charge in [0.2, 0.25) is 0 Å². The Morgan fingerprint density at radius 3 is 2.02 bits per heavy atom. The number of anilines is 1. The molecule has 1 aliphatic heterocycles. The van der Waals surface area contributed by atoms with Crippen LogP contribution in [0.4, 0.5) is 5.69 Å². The van der Waals surface area contributed by atoms with Crippen LogP contribution in [-0.4, -0.2) is 0 Å². The largest absolute Gasteiger partial charge is 0.311 e. The molecule has 0 fully saturated rings. The van der Waals surface area contributed by atoms with Gasteiger partial charge >= 0.3 is 0 Å². The summed E-state index contributed by atoms with van der Waals surface area (Å²) < 4.78 is 0. The number of rotatable bonds is 11. The molecule has 0 aliphatic carbocycles. The van der Waals surface area contributed by atoms with Gasteiger partial charge in [-0.3, -0.25) is 0 Å². The molecule has 0 bridgehead atoms. The summed E-state index contributed by atoms with van der Waals surface area (Å²) in [6.45, 7) is 33.0. The van der Waals surface area contributed by atoms with Crippen LogP contribution in [-0.2, 0) is 0 Å². The molecule has 0 atom stereocenters. The van der Waals surface area contributed by atoms with Gasteiger partial charge in [0, 0.05) is 22.0 Å². The highest BCUT2D eigenvalue weighted by Crippen LogP contribution is 2.35. The summed E-state index contributed by atoms with van der Waals surface area (Å²) in [5.41, 5.74) is 15.0. The van der Waals surface area contributed by atoms with Gasteiger partial charge in [-0.2, -0.15) is 0 Å². The predicted molar refractivity (Wildman–Crippen MR) is 284 cm³/mol. The first-order valence-corrected chi connectivity index (χ1v) is 22.6. The summed E-state index contributed by atoms with van der Waals surface area (Å²) in [6, 6.07) is 44.7. The second-order valence-electron chi connectivity index (χ2n) is 15.4. The van der Waals surface area contributed by atoms with Crippen LogP contribution in [0.3, 0.4) is 0 Å². The average molecular weight is 844 g/mol. The van der Waals surface area contributed by atoms with E-state index in [1.54, 1.807) is 17.8 Å². The molecule has 0 saturated heterocycles. The van der Waals surface area contributed by atoms with Gasteiger partial charge in [0.1, 0.15) is 0 Å². The summed E-state index contributed by atoms with van der Waals surface area (Å²) in [7, 11) is 0. The standard InChI is InChI=1S/C35H37NS.C13H12.C13H16/c1-7-11-17-30(15-8-2)31-22-24-33(25-23-31)36-27(5)26-28(6)37-35-21-13-12-18-32(35)20-14-19-29(10-4)34(36)16-9-3;1-11-7-9-13(10-8-11)12-5-3-2-4-6-12;1-5-11(4)13-8-6-12(7-9-13)10(2)3/h8-18,20-26H,2,4-5,7,19H2,1,3,6H3;2-10H,1H3;5-10H,1,4H2,2-3H3/b16-9-,17-11-,20-14+,28-26+,30-15+,34-29-;;. The van der Waals surface area contributed by atoms with Gasteiger partial charge in [-0.1, -0.05) is 235 Å². The van der Waals surface area contributed by atoms with Gasteiger partial charge in [0.25, 0.3) is 0 Å². The van der Waals surface area contributed by atoms with Crippen LogP contribution in [0.25, 0.3) is 28.3 Å². The van der Waals surface area contributed by atoms with E-state index in [1.807, 2.05) is 31.2 Å². The molecule has 0 radical (unpaired) electrons. The summed E-state index contributed by atoms with van der Waals surface area (Å²) in [5, 5.41) is 0. The van der Waals surface area contributed by atoms with Crippen molar-refractivity contribution in [3.8, 4) is 11.1 Å². The van der Waals surface area contributed by atoms with Crippen molar-refractivity contribution in [1.82, 2.24) is 0 Å². The van der Waals surface area contributed by atoms with E-state index >= 15 is 0 Å². The Kier molecular flexibility index (Phi) is 20.2. The maximum Gasteiger partial charge on any atom is 0.0493 e. The molecule has 1 aliphatic rings. The Hall–Kier alpha value is -6.61. The number of nitrogens with zero attached hydrogens (tertiary/aromatic N) is 1. The summed E-state index contributed by atoms with van der Waals surface area (Å²) >= 11 is 1.77. The molecule has 0 aromatic heterocycles. The van der Waals surface area contributed by atoms with Crippen molar-refractivity contribution in [2.45, 2.75) is 65.2 Å². The Balaban J connectivity index is 0.000000269. The van der Waals surface area contributed by atoms with Crippen molar-refractivity contribution in [2.75, 3.05) is 4.90 Å². The monoisotopic (exact) mass is 843 g/mol. The fraction of sp³-hybridized carbons (Fsp3) is 0.148. The molecule has 0 amide bonds. The lowest BCUT2D eigenvalue weighted by Crippen LogP contribution is -2.21. The molecular formula is C61H65NS. The third-order valence-corrected chi connectivity index (χ3v) is 11.3. The zero-order valence-corrected chi connectivity index (χ0v) is 39.2. The van der Waals surface area contributed by atoms with Crippen LogP contribution in [0.15, 0.2) is 248 Å². The lowest BCUT2D eigenvalue weighted by atomic mass is 9.99. The molecule has 0 N–H and O–H groups in total. The van der Waals surface area contributed by atoms with Crippen LogP contribution in [0.5, 0.6) is 0 Å². The fourth-order valence-electron chi connectivity index (χ4n) is 6.76. The number of allylic oxidation sites excluding steroid dienone is 14. The van der Waals surface area contributed by atoms with E-state index in [0.29, 0.717) is 5.92 Å². The topological polar surface area (TPSA) is 3.24 Å². The zero-order chi connectivity index (χ0) is 45.6. The van der Waals surface area contributed by atoms with Crippen molar-refractivity contribution < 1.29 is 0 Å². The van der Waals surface area contributed by atoms with E-state index in [0.717, 1.165) is 57.8 Å². The summed E-state index contributed by atoms with van der Waals surface area (Å²) in [5.74, 6) is 0.589. The number of thioether (sulfide) groups is 1. The van der Waals surface area contributed by atoms with E-state index in [2.05, 4.69) is 236 Å². The van der Waals surface area contributed by atoms with Crippen LogP contribution >= 0.6 is 11.8 Å². The maximum absolute atomic E-state index is 4.52. The average Bonchev–Trinajstić information content (AvgIpc) is 3.30. The quantitative estimate of drug-likeness (QED) is 0.122. The number of benzene rings is 5. The van der Waals surface area contributed by atoms with Gasteiger partial charge in [-0.25, -0.2) is 0 Å². The van der Waals surface area contributed by atoms with E-state index < -0.39 is 0 Å². The lowest BCUT2D eigenvalue weighted by Gasteiger charge is -2.29. The molecular weight excluding hydrogens is 779 g/mol. The van der Waals surface area contributed by atoms with Crippen molar-refractivity contribution in [2.24, 2.45) is 0 Å². The molecule has 0 unspecified atom stereocenters. The second-order valence-corrected chi connectivity index (χ2v) is 16.7. The minimum absolute atomic E-state index is 0.589. The highest BCUT2D eigenvalue weighted by molar-refractivity contribution is 8.03. The molecule has 2 heteroatoms. The highest BCUT2D eigenvalue weighted by Gasteiger charge is 2.17. The van der Waals surface area contributed by atoms with E-state index in [9.17, 15) is 0 Å². The van der Waals surface area contributed by atoms with Crippen LogP contribution in [0.2, 0.25) is 0 Å². The SMILES string of the molecule is C=C/C=C(\C=C/CC)c1ccc(N2C(=C)/C=C(\C)Sc3ccccc3/C=C/C/C(C=C)=C2/C=C\C)cc1.C=CC(=C)c1ccc(C(C)C)cc1.Cc1ccc(-c2ccccc2)cc1. The zero-order valence-electron chi connectivity index (χ0n) is 38.4. The smallest absolute Gasteiger partial charge is 0.0493 e. The Bertz CT molecular complexity index is 2480. The molecule has 320 valence electrons. The first kappa shape index (κ1) is 49.0. The maximum atomic E-state index is 4.52. The summed E-state index contributed by atoms with van der Waals surface area (Å²) in [4.78, 5) is 4.63. The van der Waals surface area contributed by atoms with Gasteiger partial charge in [-0.05, 0) is 125 Å². The molecule has 1 heterocycles. The molecule has 5 aromatic carbocycles. The normalized spacial score (nSPS) is 15.7. The van der Waals surface area contributed by atoms with Crippen molar-refractivity contribution in [3.63, 3.8) is 0 Å². The molecule has 63 heavy (non-hydrogen) atoms. The van der Waals surface area contributed by atoms with Crippen LogP contribution in [0, 0.1) is 6.92 Å². The second kappa shape index (κ2) is 26.0. The molecule has 5 aromatic rings. The Labute approximate surface area is 384 Å². The third-order valence-electron chi connectivity index (χ3n) is 10.3. The molecule has 0 spiro atoms. The van der Waals surface area contributed by atoms with Crippen molar-refractivity contribution in [3.05, 3.63) is 271 Å². The Morgan fingerprint density at radius 2 is 1.41 bits per heavy atom. The predicted octanol–water partition coefficient (Wildman–Crippen LogP) is 18.3. The number of aryl methyl sites for hydroxylation is 1. The van der Waals surface area contributed by atoms with Crippen molar-refractivity contribution in [1.29, 1.82) is 0 Å². The van der Waals surface area contributed by atoms with Crippen LogP contribution < -0.4 is 4.90 Å². The number of fused-ring (bicyclic) bond motifs is 1. The Morgan fingerprint density at radius 1 is 0.778 bits per heavy atom. The fourth-order valence-corrected chi connectivity index (χ4v) is 7.70. The number of hydrogen-bond donors (Lipinski definition) is 0. The van der Waals surface area contributed by atoms with Gasteiger partial charge < -0.3 is 4.90 Å². The minimum Gasteiger partial charge on any atom is -0.311 e. The van der Waals surface area contributed by atoms with Gasteiger partial charge in [0.05, 0.1) is 0 Å². The minimum atomic E-state index is 0.589. The van der Waals surface area contributed by atoms with Gasteiger partial charge in [0.15, 0.2) is 0 Å². The first-order chi connectivity index (χ1) is 30.5. The number of hydrogen-bond acceptors (Lipinski definition) is 2. The van der Waals surface area contributed by atoms with Gasteiger partial charge in [-0.15, -0.1) is 0 Å². The highest BCUT2D eigenvalue weighted by atomic mass is 32.2. The molecule has 0 saturated carbocycles. The third kappa shape index (κ3) is 15.1. The van der Waals surface area contributed by atoms with Crippen molar-refractivity contribution >= 4 is 34.7 Å². The molecule has 1 nitrogen and oxygen atoms in total. The van der Waals surface area contributed by atoms with Crippen LogP contribution in [0.1, 0.15) is 81.2 Å². The lowest BCUT2D eigenvalue weighted by molar-refractivity contribution is 0.866. The van der Waals surface area contributed by atoms with E-state index in [4.69, 9.17) is 0 Å². The first-order valence-electron chi connectivity index (χ1n) is 21.8. The summed E-state index contributed by atoms with van der Waals surface area (Å²) in [6.07, 6.45) is 24.5. The van der Waals surface area contributed by atoms with E-state index in [1.165, 1.54) is 37.6 Å². The van der Waals surface area contributed by atoms with E-state index in [-0.39, 0.29) is 0 Å². The molecule has 6 rings (SSSR count).